The second kappa shape index (κ2) is 5.16. The maximum Gasteiger partial charge on any atom is 0.389 e. The Morgan fingerprint density at radius 2 is 2.13 bits per heavy atom. The molecule has 5 heteroatoms. The fourth-order valence-electron chi connectivity index (χ4n) is 1.98. The Morgan fingerprint density at radius 1 is 1.47 bits per heavy atom. The molecule has 90 valence electrons. The molecule has 3 atom stereocenters. The van der Waals surface area contributed by atoms with E-state index in [0.717, 1.165) is 6.42 Å². The van der Waals surface area contributed by atoms with Crippen molar-refractivity contribution in [2.75, 3.05) is 6.61 Å². The van der Waals surface area contributed by atoms with E-state index in [1.807, 2.05) is 6.92 Å². The van der Waals surface area contributed by atoms with Gasteiger partial charge in [-0.3, -0.25) is 0 Å². The first-order valence-electron chi connectivity index (χ1n) is 5.26. The van der Waals surface area contributed by atoms with Gasteiger partial charge in [-0.05, 0) is 26.2 Å². The van der Waals surface area contributed by atoms with E-state index in [1.165, 1.54) is 0 Å². The average Bonchev–Trinajstić information content (AvgIpc) is 2.48. The van der Waals surface area contributed by atoms with Gasteiger partial charge in [0.25, 0.3) is 0 Å². The minimum Gasteiger partial charge on any atom is -0.393 e. The lowest BCUT2D eigenvalue weighted by atomic mass is 9.92. The van der Waals surface area contributed by atoms with Gasteiger partial charge >= 0.3 is 6.18 Å². The molecule has 0 aromatic carbocycles. The van der Waals surface area contributed by atoms with Crippen molar-refractivity contribution in [3.05, 3.63) is 0 Å². The Morgan fingerprint density at radius 3 is 2.60 bits per heavy atom. The number of alkyl halides is 3. The lowest BCUT2D eigenvalue weighted by Gasteiger charge is -2.20. The second-order valence-electron chi connectivity index (χ2n) is 4.10. The van der Waals surface area contributed by atoms with E-state index in [-0.39, 0.29) is 24.9 Å². The van der Waals surface area contributed by atoms with Crippen molar-refractivity contribution < 1.29 is 23.0 Å². The summed E-state index contributed by atoms with van der Waals surface area (Å²) in [5, 5.41) is 9.67. The molecule has 2 nitrogen and oxygen atoms in total. The van der Waals surface area contributed by atoms with Gasteiger partial charge in [0.1, 0.15) is 0 Å². The minimum absolute atomic E-state index is 0.00164. The van der Waals surface area contributed by atoms with Crippen LogP contribution in [0.5, 0.6) is 0 Å². The summed E-state index contributed by atoms with van der Waals surface area (Å²) >= 11 is 0. The number of halogens is 3. The van der Waals surface area contributed by atoms with Gasteiger partial charge in [0.15, 0.2) is 0 Å². The van der Waals surface area contributed by atoms with Gasteiger partial charge in [-0.2, -0.15) is 13.2 Å². The van der Waals surface area contributed by atoms with E-state index in [0.29, 0.717) is 6.61 Å². The first-order valence-corrected chi connectivity index (χ1v) is 5.26. The third-order valence-corrected chi connectivity index (χ3v) is 2.89. The van der Waals surface area contributed by atoms with Crippen molar-refractivity contribution >= 4 is 0 Å². The zero-order valence-corrected chi connectivity index (χ0v) is 8.76. The largest absolute Gasteiger partial charge is 0.393 e. The SMILES string of the molecule is CC1OCCC1C(O)CCCC(F)(F)F. The summed E-state index contributed by atoms with van der Waals surface area (Å²) < 4.78 is 40.8. The summed E-state index contributed by atoms with van der Waals surface area (Å²) in [5.41, 5.74) is 0. The number of aliphatic hydroxyl groups excluding tert-OH is 1. The molecular weight excluding hydrogens is 209 g/mol. The molecular formula is C10H17F3O2. The van der Waals surface area contributed by atoms with E-state index in [4.69, 9.17) is 4.74 Å². The summed E-state index contributed by atoms with van der Waals surface area (Å²) in [7, 11) is 0. The summed E-state index contributed by atoms with van der Waals surface area (Å²) in [6, 6.07) is 0. The Labute approximate surface area is 87.4 Å². The molecule has 0 radical (unpaired) electrons. The minimum atomic E-state index is -4.11. The van der Waals surface area contributed by atoms with E-state index >= 15 is 0 Å². The van der Waals surface area contributed by atoms with Gasteiger partial charge in [0, 0.05) is 18.9 Å². The molecule has 0 bridgehead atoms. The standard InChI is InChI=1S/C10H17F3O2/c1-7-8(4-6-15-7)9(14)3-2-5-10(11,12)13/h7-9,14H,2-6H2,1H3. The molecule has 0 spiro atoms. The zero-order chi connectivity index (χ0) is 11.5. The van der Waals surface area contributed by atoms with E-state index < -0.39 is 18.7 Å². The van der Waals surface area contributed by atoms with E-state index in [2.05, 4.69) is 0 Å². The quantitative estimate of drug-likeness (QED) is 0.798. The normalized spacial score (nSPS) is 29.4. The molecule has 0 saturated carbocycles. The van der Waals surface area contributed by atoms with Gasteiger partial charge in [-0.25, -0.2) is 0 Å². The molecule has 0 aromatic heterocycles. The van der Waals surface area contributed by atoms with Crippen LogP contribution in [0.25, 0.3) is 0 Å². The van der Waals surface area contributed by atoms with Crippen LogP contribution in [0.2, 0.25) is 0 Å². The Balaban J connectivity index is 2.21. The van der Waals surface area contributed by atoms with Crippen molar-refractivity contribution in [1.29, 1.82) is 0 Å². The fraction of sp³-hybridized carbons (Fsp3) is 1.00. The summed E-state index contributed by atoms with van der Waals surface area (Å²) in [4.78, 5) is 0. The van der Waals surface area contributed by atoms with Crippen LogP contribution in [-0.4, -0.2) is 30.1 Å². The molecule has 1 saturated heterocycles. The highest BCUT2D eigenvalue weighted by Crippen LogP contribution is 2.28. The molecule has 0 aromatic rings. The summed E-state index contributed by atoms with van der Waals surface area (Å²) in [6.07, 6.45) is -4.68. The highest BCUT2D eigenvalue weighted by Gasteiger charge is 2.32. The number of hydrogen-bond donors (Lipinski definition) is 1. The van der Waals surface area contributed by atoms with Crippen LogP contribution in [0.3, 0.4) is 0 Å². The van der Waals surface area contributed by atoms with Gasteiger partial charge < -0.3 is 9.84 Å². The third-order valence-electron chi connectivity index (χ3n) is 2.89. The maximum atomic E-state index is 11.9. The van der Waals surface area contributed by atoms with E-state index in [9.17, 15) is 18.3 Å². The van der Waals surface area contributed by atoms with Crippen LogP contribution in [0, 0.1) is 5.92 Å². The first kappa shape index (κ1) is 12.8. The summed E-state index contributed by atoms with van der Waals surface area (Å²) in [6.45, 7) is 2.45. The van der Waals surface area contributed by atoms with Crippen molar-refractivity contribution in [2.24, 2.45) is 5.92 Å². The van der Waals surface area contributed by atoms with Crippen LogP contribution in [-0.2, 0) is 4.74 Å². The monoisotopic (exact) mass is 226 g/mol. The molecule has 1 rings (SSSR count). The molecule has 1 N–H and O–H groups in total. The van der Waals surface area contributed by atoms with Crippen LogP contribution in [0.4, 0.5) is 13.2 Å². The third kappa shape index (κ3) is 4.38. The lowest BCUT2D eigenvalue weighted by Crippen LogP contribution is -2.26. The van der Waals surface area contributed by atoms with Crippen LogP contribution >= 0.6 is 0 Å². The van der Waals surface area contributed by atoms with E-state index in [1.54, 1.807) is 0 Å². The second-order valence-corrected chi connectivity index (χ2v) is 4.10. The Hall–Kier alpha value is -0.290. The lowest BCUT2D eigenvalue weighted by molar-refractivity contribution is -0.136. The van der Waals surface area contributed by atoms with Crippen molar-refractivity contribution in [3.8, 4) is 0 Å². The molecule has 1 aliphatic rings. The van der Waals surface area contributed by atoms with Crippen molar-refractivity contribution in [3.63, 3.8) is 0 Å². The zero-order valence-electron chi connectivity index (χ0n) is 8.76. The smallest absolute Gasteiger partial charge is 0.389 e. The molecule has 0 aliphatic carbocycles. The first-order chi connectivity index (χ1) is 6.90. The van der Waals surface area contributed by atoms with Crippen molar-refractivity contribution in [2.45, 2.75) is 51.0 Å². The number of aliphatic hydroxyl groups is 1. The predicted molar refractivity (Wildman–Crippen MR) is 49.4 cm³/mol. The molecule has 1 fully saturated rings. The average molecular weight is 226 g/mol. The topological polar surface area (TPSA) is 29.5 Å². The Kier molecular flexibility index (Phi) is 4.40. The highest BCUT2D eigenvalue weighted by atomic mass is 19.4. The number of rotatable bonds is 4. The molecule has 1 aliphatic heterocycles. The molecule has 15 heavy (non-hydrogen) atoms. The van der Waals surface area contributed by atoms with Gasteiger partial charge in [0.05, 0.1) is 12.2 Å². The molecule has 0 amide bonds. The molecule has 3 unspecified atom stereocenters. The Bertz CT molecular complexity index is 194. The van der Waals surface area contributed by atoms with Crippen LogP contribution in [0.15, 0.2) is 0 Å². The van der Waals surface area contributed by atoms with Gasteiger partial charge in [0.2, 0.25) is 0 Å². The van der Waals surface area contributed by atoms with Crippen molar-refractivity contribution in [1.82, 2.24) is 0 Å². The molecule has 1 heterocycles. The summed E-state index contributed by atoms with van der Waals surface area (Å²) in [5.74, 6) is -0.00164. The predicted octanol–water partition coefficient (Wildman–Crippen LogP) is 2.50. The van der Waals surface area contributed by atoms with Gasteiger partial charge in [-0.15, -0.1) is 0 Å². The van der Waals surface area contributed by atoms with Gasteiger partial charge in [-0.1, -0.05) is 0 Å². The van der Waals surface area contributed by atoms with Crippen LogP contribution < -0.4 is 0 Å². The maximum absolute atomic E-state index is 11.9. The highest BCUT2D eigenvalue weighted by molar-refractivity contribution is 4.79. The number of ether oxygens (including phenoxy) is 1. The van der Waals surface area contributed by atoms with Crippen LogP contribution in [0.1, 0.15) is 32.6 Å². The number of hydrogen-bond acceptors (Lipinski definition) is 2. The fourth-order valence-corrected chi connectivity index (χ4v) is 1.98.